The van der Waals surface area contributed by atoms with Crippen molar-refractivity contribution in [2.75, 3.05) is 0 Å². The molecule has 0 radical (unpaired) electrons. The predicted octanol–water partition coefficient (Wildman–Crippen LogP) is 1.99. The standard InChI is InChI=1S/C9H8BrNO4/c10-8(9(12)13)5-6-2-1-3-7(4-6)11(14)15/h1-4,8H,5H2,(H,12,13)/t8-/m0/s1. The van der Waals surface area contributed by atoms with E-state index in [9.17, 15) is 14.9 Å². The second kappa shape index (κ2) is 4.88. The van der Waals surface area contributed by atoms with Gasteiger partial charge < -0.3 is 5.11 Å². The smallest absolute Gasteiger partial charge is 0.317 e. The molecular weight excluding hydrogens is 266 g/mol. The maximum atomic E-state index is 10.5. The molecule has 0 unspecified atom stereocenters. The number of hydrogen-bond acceptors (Lipinski definition) is 3. The first-order valence-corrected chi connectivity index (χ1v) is 5.02. The van der Waals surface area contributed by atoms with Gasteiger partial charge in [0.05, 0.1) is 4.92 Å². The molecule has 6 heteroatoms. The summed E-state index contributed by atoms with van der Waals surface area (Å²) in [6, 6.07) is 5.93. The number of alkyl halides is 1. The van der Waals surface area contributed by atoms with Crippen molar-refractivity contribution >= 4 is 27.6 Å². The third-order valence-corrected chi connectivity index (χ3v) is 2.52. The number of carboxylic acids is 1. The number of benzene rings is 1. The van der Waals surface area contributed by atoms with Gasteiger partial charge in [-0.3, -0.25) is 14.9 Å². The van der Waals surface area contributed by atoms with Gasteiger partial charge in [0.25, 0.3) is 5.69 Å². The van der Waals surface area contributed by atoms with Gasteiger partial charge >= 0.3 is 5.97 Å². The van der Waals surface area contributed by atoms with Crippen LogP contribution in [0.15, 0.2) is 24.3 Å². The Morgan fingerprint density at radius 2 is 2.27 bits per heavy atom. The van der Waals surface area contributed by atoms with E-state index < -0.39 is 15.7 Å². The van der Waals surface area contributed by atoms with Gasteiger partial charge in [-0.1, -0.05) is 28.1 Å². The zero-order chi connectivity index (χ0) is 11.4. The van der Waals surface area contributed by atoms with Crippen LogP contribution in [0.2, 0.25) is 0 Å². The number of rotatable bonds is 4. The molecule has 0 heterocycles. The number of aliphatic carboxylic acids is 1. The summed E-state index contributed by atoms with van der Waals surface area (Å²) in [4.78, 5) is 19.8. The van der Waals surface area contributed by atoms with Crippen molar-refractivity contribution in [2.45, 2.75) is 11.2 Å². The maximum Gasteiger partial charge on any atom is 0.317 e. The first-order valence-electron chi connectivity index (χ1n) is 4.11. The Bertz CT molecular complexity index is 393. The lowest BCUT2D eigenvalue weighted by molar-refractivity contribution is -0.384. The minimum absolute atomic E-state index is 0.0300. The molecular formula is C9H8BrNO4. The summed E-state index contributed by atoms with van der Waals surface area (Å²) in [5.74, 6) is -0.985. The molecule has 15 heavy (non-hydrogen) atoms. The Kier molecular flexibility index (Phi) is 3.79. The molecule has 1 atom stereocenters. The third-order valence-electron chi connectivity index (χ3n) is 1.80. The van der Waals surface area contributed by atoms with Crippen molar-refractivity contribution < 1.29 is 14.8 Å². The molecule has 1 rings (SSSR count). The lowest BCUT2D eigenvalue weighted by Gasteiger charge is -2.03. The average Bonchev–Trinajstić information content (AvgIpc) is 2.18. The van der Waals surface area contributed by atoms with Gasteiger partial charge in [0, 0.05) is 12.1 Å². The van der Waals surface area contributed by atoms with Crippen molar-refractivity contribution in [2.24, 2.45) is 0 Å². The number of non-ortho nitro benzene ring substituents is 1. The molecule has 0 saturated heterocycles. The van der Waals surface area contributed by atoms with Crippen LogP contribution in [-0.4, -0.2) is 20.8 Å². The van der Waals surface area contributed by atoms with E-state index >= 15 is 0 Å². The van der Waals surface area contributed by atoms with Crippen molar-refractivity contribution in [1.29, 1.82) is 0 Å². The summed E-state index contributed by atoms with van der Waals surface area (Å²) in [5, 5.41) is 19.1. The van der Waals surface area contributed by atoms with E-state index in [1.165, 1.54) is 18.2 Å². The second-order valence-corrected chi connectivity index (χ2v) is 4.04. The number of nitro groups is 1. The lowest BCUT2D eigenvalue weighted by atomic mass is 10.1. The van der Waals surface area contributed by atoms with Crippen LogP contribution in [0, 0.1) is 10.1 Å². The van der Waals surface area contributed by atoms with E-state index in [4.69, 9.17) is 5.11 Å². The number of carboxylic acid groups (broad SMARTS) is 1. The molecule has 0 amide bonds. The van der Waals surface area contributed by atoms with Crippen molar-refractivity contribution in [3.8, 4) is 0 Å². The maximum absolute atomic E-state index is 10.5. The van der Waals surface area contributed by atoms with E-state index in [-0.39, 0.29) is 12.1 Å². The van der Waals surface area contributed by atoms with Gasteiger partial charge in [-0.25, -0.2) is 0 Å². The van der Waals surface area contributed by atoms with E-state index in [0.29, 0.717) is 5.56 Å². The van der Waals surface area contributed by atoms with Gasteiger partial charge in [0.1, 0.15) is 4.83 Å². The van der Waals surface area contributed by atoms with E-state index in [1.54, 1.807) is 6.07 Å². The van der Waals surface area contributed by atoms with Crippen molar-refractivity contribution in [1.82, 2.24) is 0 Å². The number of nitrogens with zero attached hydrogens (tertiary/aromatic N) is 1. The van der Waals surface area contributed by atoms with Crippen LogP contribution in [0.5, 0.6) is 0 Å². The van der Waals surface area contributed by atoms with E-state index in [0.717, 1.165) is 0 Å². The summed E-state index contributed by atoms with van der Waals surface area (Å²) >= 11 is 2.97. The molecule has 0 spiro atoms. The number of nitro benzene ring substituents is 1. The first-order chi connectivity index (χ1) is 7.00. The Labute approximate surface area is 94.0 Å². The van der Waals surface area contributed by atoms with Gasteiger partial charge in [-0.15, -0.1) is 0 Å². The fourth-order valence-corrected chi connectivity index (χ4v) is 1.47. The van der Waals surface area contributed by atoms with Gasteiger partial charge in [0.15, 0.2) is 0 Å². The minimum atomic E-state index is -0.985. The molecule has 0 aliphatic rings. The van der Waals surface area contributed by atoms with Crippen LogP contribution < -0.4 is 0 Å². The Hall–Kier alpha value is -1.43. The molecule has 0 bridgehead atoms. The molecule has 5 nitrogen and oxygen atoms in total. The second-order valence-electron chi connectivity index (χ2n) is 2.94. The first kappa shape index (κ1) is 11.6. The van der Waals surface area contributed by atoms with Crippen LogP contribution in [0.3, 0.4) is 0 Å². The zero-order valence-corrected chi connectivity index (χ0v) is 9.18. The van der Waals surface area contributed by atoms with E-state index in [2.05, 4.69) is 15.9 Å². The molecule has 0 aliphatic heterocycles. The highest BCUT2D eigenvalue weighted by Gasteiger charge is 2.15. The van der Waals surface area contributed by atoms with Crippen molar-refractivity contribution in [3.05, 3.63) is 39.9 Å². The van der Waals surface area contributed by atoms with Crippen molar-refractivity contribution in [3.63, 3.8) is 0 Å². The van der Waals surface area contributed by atoms with Crippen LogP contribution in [0.4, 0.5) is 5.69 Å². The summed E-state index contributed by atoms with van der Waals surface area (Å²) in [6.07, 6.45) is 0.219. The van der Waals surface area contributed by atoms with Crippen LogP contribution in [0.25, 0.3) is 0 Å². The monoisotopic (exact) mass is 273 g/mol. The Balaban J connectivity index is 2.82. The third kappa shape index (κ3) is 3.32. The molecule has 1 N–H and O–H groups in total. The summed E-state index contributed by atoms with van der Waals surface area (Å²) in [7, 11) is 0. The van der Waals surface area contributed by atoms with Gasteiger partial charge in [0.2, 0.25) is 0 Å². The fraction of sp³-hybridized carbons (Fsp3) is 0.222. The molecule has 0 fully saturated rings. The molecule has 80 valence electrons. The summed E-state index contributed by atoms with van der Waals surface area (Å²) in [5.41, 5.74) is 0.589. The lowest BCUT2D eigenvalue weighted by Crippen LogP contribution is -2.15. The summed E-state index contributed by atoms with van der Waals surface area (Å²) < 4.78 is 0. The highest BCUT2D eigenvalue weighted by atomic mass is 79.9. The van der Waals surface area contributed by atoms with Crippen LogP contribution >= 0.6 is 15.9 Å². The number of halogens is 1. The highest BCUT2D eigenvalue weighted by molar-refractivity contribution is 9.10. The molecule has 0 saturated carbocycles. The number of carbonyl (C=O) groups is 1. The average molecular weight is 274 g/mol. The normalized spacial score (nSPS) is 12.1. The van der Waals surface area contributed by atoms with Crippen LogP contribution in [0.1, 0.15) is 5.56 Å². The highest BCUT2D eigenvalue weighted by Crippen LogP contribution is 2.16. The molecule has 0 aliphatic carbocycles. The fourth-order valence-electron chi connectivity index (χ4n) is 1.09. The Morgan fingerprint density at radius 3 is 2.80 bits per heavy atom. The molecule has 1 aromatic carbocycles. The van der Waals surface area contributed by atoms with Crippen LogP contribution in [-0.2, 0) is 11.2 Å². The van der Waals surface area contributed by atoms with E-state index in [1.807, 2.05) is 0 Å². The quantitative estimate of drug-likeness (QED) is 0.517. The van der Waals surface area contributed by atoms with Gasteiger partial charge in [-0.05, 0) is 12.0 Å². The largest absolute Gasteiger partial charge is 0.480 e. The predicted molar refractivity (Wildman–Crippen MR) is 57.2 cm³/mol. The number of hydrogen-bond donors (Lipinski definition) is 1. The Morgan fingerprint density at radius 1 is 1.60 bits per heavy atom. The molecule has 1 aromatic rings. The SMILES string of the molecule is O=C(O)[C@@H](Br)Cc1cccc([N+](=O)[O-])c1. The summed E-state index contributed by atoms with van der Waals surface area (Å²) in [6.45, 7) is 0. The zero-order valence-electron chi connectivity index (χ0n) is 7.59. The molecule has 0 aromatic heterocycles. The minimum Gasteiger partial charge on any atom is -0.480 e. The topological polar surface area (TPSA) is 80.4 Å². The van der Waals surface area contributed by atoms with Gasteiger partial charge in [-0.2, -0.15) is 0 Å².